The van der Waals surface area contributed by atoms with E-state index in [-0.39, 0.29) is 17.7 Å². The van der Waals surface area contributed by atoms with E-state index < -0.39 is 13.9 Å². The molecular formula is C13H28O3Si. The van der Waals surface area contributed by atoms with Crippen molar-refractivity contribution < 1.29 is 14.3 Å². The fraction of sp³-hybridized carbons (Fsp3) is 1.00. The molecule has 1 aliphatic heterocycles. The van der Waals surface area contributed by atoms with Gasteiger partial charge in [-0.3, -0.25) is 0 Å². The van der Waals surface area contributed by atoms with Gasteiger partial charge in [0, 0.05) is 0 Å². The van der Waals surface area contributed by atoms with Gasteiger partial charge in [0.15, 0.2) is 8.32 Å². The van der Waals surface area contributed by atoms with E-state index in [2.05, 4.69) is 40.8 Å². The van der Waals surface area contributed by atoms with Crippen LogP contribution in [-0.4, -0.2) is 38.3 Å². The average Bonchev–Trinajstić information content (AvgIpc) is 2.95. The number of hydrogen-bond donors (Lipinski definition) is 1. The predicted molar refractivity (Wildman–Crippen MR) is 72.7 cm³/mol. The fourth-order valence-electron chi connectivity index (χ4n) is 1.70. The van der Waals surface area contributed by atoms with Crippen LogP contribution in [0.15, 0.2) is 0 Å². The smallest absolute Gasteiger partial charge is 0.192 e. The van der Waals surface area contributed by atoms with Gasteiger partial charge in [0.05, 0.1) is 19.3 Å². The molecule has 0 amide bonds. The second-order valence-electron chi connectivity index (χ2n) is 6.67. The van der Waals surface area contributed by atoms with Crippen molar-refractivity contribution in [1.29, 1.82) is 0 Å². The lowest BCUT2D eigenvalue weighted by Gasteiger charge is -2.40. The monoisotopic (exact) mass is 260 g/mol. The standard InChI is InChI=1S/C13H28O3Si/c1-7-8-11(13(9-14)10-15-13)16-17(5,6)12(2,3)4/h11,14H,7-10H2,1-6H3/t11-,13-/m1/s1. The van der Waals surface area contributed by atoms with Crippen molar-refractivity contribution in [3.63, 3.8) is 0 Å². The van der Waals surface area contributed by atoms with Gasteiger partial charge in [0.1, 0.15) is 5.60 Å². The summed E-state index contributed by atoms with van der Waals surface area (Å²) >= 11 is 0. The van der Waals surface area contributed by atoms with E-state index in [1.54, 1.807) is 0 Å². The van der Waals surface area contributed by atoms with Crippen molar-refractivity contribution in [2.45, 2.75) is 70.4 Å². The van der Waals surface area contributed by atoms with Crippen LogP contribution in [0.1, 0.15) is 40.5 Å². The van der Waals surface area contributed by atoms with Gasteiger partial charge in [0.25, 0.3) is 0 Å². The number of epoxide rings is 1. The lowest BCUT2D eigenvalue weighted by atomic mass is 10.0. The summed E-state index contributed by atoms with van der Waals surface area (Å²) in [6.45, 7) is 14.1. The predicted octanol–water partition coefficient (Wildman–Crippen LogP) is 2.94. The fourth-order valence-corrected chi connectivity index (χ4v) is 3.09. The van der Waals surface area contributed by atoms with E-state index in [0.717, 1.165) is 12.8 Å². The van der Waals surface area contributed by atoms with Crippen LogP contribution >= 0.6 is 0 Å². The molecule has 0 spiro atoms. The molecule has 0 aromatic carbocycles. The van der Waals surface area contributed by atoms with E-state index in [4.69, 9.17) is 9.16 Å². The third-order valence-corrected chi connectivity index (χ3v) is 8.65. The van der Waals surface area contributed by atoms with Gasteiger partial charge in [-0.25, -0.2) is 0 Å². The van der Waals surface area contributed by atoms with Crippen molar-refractivity contribution in [2.24, 2.45) is 0 Å². The van der Waals surface area contributed by atoms with Crippen LogP contribution in [0.3, 0.4) is 0 Å². The zero-order valence-electron chi connectivity index (χ0n) is 12.2. The highest BCUT2D eigenvalue weighted by atomic mass is 28.4. The van der Waals surface area contributed by atoms with Crippen LogP contribution in [0.2, 0.25) is 18.1 Å². The van der Waals surface area contributed by atoms with Crippen LogP contribution in [0, 0.1) is 0 Å². The van der Waals surface area contributed by atoms with Crippen LogP contribution in [0.4, 0.5) is 0 Å². The molecule has 2 atom stereocenters. The van der Waals surface area contributed by atoms with Crippen molar-refractivity contribution in [3.05, 3.63) is 0 Å². The Balaban J connectivity index is 2.74. The molecule has 0 aromatic rings. The molecule has 0 radical (unpaired) electrons. The first-order chi connectivity index (χ1) is 7.68. The average molecular weight is 260 g/mol. The summed E-state index contributed by atoms with van der Waals surface area (Å²) in [5, 5.41) is 9.66. The van der Waals surface area contributed by atoms with Gasteiger partial charge in [-0.2, -0.15) is 0 Å². The summed E-state index contributed by atoms with van der Waals surface area (Å²) in [4.78, 5) is 0. The number of aliphatic hydroxyl groups is 1. The second-order valence-corrected chi connectivity index (χ2v) is 11.4. The summed E-state index contributed by atoms with van der Waals surface area (Å²) in [5.41, 5.74) is -0.397. The van der Waals surface area contributed by atoms with E-state index in [1.807, 2.05) is 0 Å². The molecule has 0 saturated carbocycles. The summed E-state index contributed by atoms with van der Waals surface area (Å²) in [6.07, 6.45) is 2.08. The summed E-state index contributed by atoms with van der Waals surface area (Å²) < 4.78 is 11.9. The highest BCUT2D eigenvalue weighted by Crippen LogP contribution is 2.42. The molecule has 1 aliphatic rings. The molecule has 3 nitrogen and oxygen atoms in total. The molecule has 0 aromatic heterocycles. The molecule has 1 fully saturated rings. The first-order valence-electron chi connectivity index (χ1n) is 6.61. The lowest BCUT2D eigenvalue weighted by Crippen LogP contribution is -2.49. The maximum Gasteiger partial charge on any atom is 0.192 e. The molecular weight excluding hydrogens is 232 g/mol. The van der Waals surface area contributed by atoms with Crippen LogP contribution in [0.5, 0.6) is 0 Å². The lowest BCUT2D eigenvalue weighted by molar-refractivity contribution is 0.0387. The first kappa shape index (κ1) is 15.2. The van der Waals surface area contributed by atoms with Gasteiger partial charge in [-0.15, -0.1) is 0 Å². The zero-order chi connectivity index (χ0) is 13.3. The SMILES string of the molecule is CCC[C@@H](O[Si](C)(C)C(C)(C)C)[C@@]1(CO)CO1. The Morgan fingerprint density at radius 2 is 1.94 bits per heavy atom. The largest absolute Gasteiger partial charge is 0.411 e. The topological polar surface area (TPSA) is 42.0 Å². The van der Waals surface area contributed by atoms with Crippen molar-refractivity contribution >= 4 is 8.32 Å². The number of rotatable bonds is 6. The van der Waals surface area contributed by atoms with E-state index >= 15 is 0 Å². The molecule has 1 rings (SSSR count). The molecule has 0 aliphatic carbocycles. The van der Waals surface area contributed by atoms with Crippen LogP contribution < -0.4 is 0 Å². The van der Waals surface area contributed by atoms with Gasteiger partial charge in [-0.1, -0.05) is 34.1 Å². The van der Waals surface area contributed by atoms with Crippen LogP contribution in [-0.2, 0) is 9.16 Å². The highest BCUT2D eigenvalue weighted by Gasteiger charge is 2.54. The molecule has 1 N–H and O–H groups in total. The van der Waals surface area contributed by atoms with Crippen molar-refractivity contribution in [2.75, 3.05) is 13.2 Å². The summed E-state index contributed by atoms with van der Waals surface area (Å²) in [5.74, 6) is 0. The summed E-state index contributed by atoms with van der Waals surface area (Å²) in [6, 6.07) is 0. The normalized spacial score (nSPS) is 27.0. The Morgan fingerprint density at radius 3 is 2.24 bits per heavy atom. The van der Waals surface area contributed by atoms with Gasteiger partial charge in [-0.05, 0) is 24.6 Å². The Hall–Kier alpha value is 0.0969. The molecule has 0 bridgehead atoms. The molecule has 17 heavy (non-hydrogen) atoms. The van der Waals surface area contributed by atoms with E-state index in [9.17, 15) is 5.11 Å². The van der Waals surface area contributed by atoms with E-state index in [1.165, 1.54) is 0 Å². The third kappa shape index (κ3) is 3.31. The second kappa shape index (κ2) is 5.00. The molecule has 0 unspecified atom stereocenters. The van der Waals surface area contributed by atoms with Crippen molar-refractivity contribution in [3.8, 4) is 0 Å². The maximum atomic E-state index is 9.46. The summed E-state index contributed by atoms with van der Waals surface area (Å²) in [7, 11) is -1.78. The molecule has 1 saturated heterocycles. The zero-order valence-corrected chi connectivity index (χ0v) is 13.2. The number of hydrogen-bond acceptors (Lipinski definition) is 3. The Bertz CT molecular complexity index is 254. The highest BCUT2D eigenvalue weighted by molar-refractivity contribution is 6.74. The number of ether oxygens (including phenoxy) is 1. The molecule has 4 heteroatoms. The minimum absolute atomic E-state index is 0.0541. The van der Waals surface area contributed by atoms with Gasteiger partial charge >= 0.3 is 0 Å². The first-order valence-corrected chi connectivity index (χ1v) is 9.52. The van der Waals surface area contributed by atoms with Gasteiger partial charge < -0.3 is 14.3 Å². The quantitative estimate of drug-likeness (QED) is 0.590. The van der Waals surface area contributed by atoms with E-state index in [0.29, 0.717) is 6.61 Å². The molecule has 102 valence electrons. The Morgan fingerprint density at radius 1 is 1.41 bits per heavy atom. The minimum atomic E-state index is -1.78. The van der Waals surface area contributed by atoms with Gasteiger partial charge in [0.2, 0.25) is 0 Å². The Labute approximate surface area is 107 Å². The molecule has 1 heterocycles. The number of aliphatic hydroxyl groups excluding tert-OH is 1. The maximum absolute atomic E-state index is 9.46. The van der Waals surface area contributed by atoms with Crippen molar-refractivity contribution in [1.82, 2.24) is 0 Å². The third-order valence-electron chi connectivity index (χ3n) is 4.16. The minimum Gasteiger partial charge on any atom is -0.411 e. The van der Waals surface area contributed by atoms with Crippen LogP contribution in [0.25, 0.3) is 0 Å². The Kier molecular flexibility index (Phi) is 4.45.